The van der Waals surface area contributed by atoms with E-state index in [4.69, 9.17) is 11.6 Å². The van der Waals surface area contributed by atoms with Gasteiger partial charge in [0.15, 0.2) is 0 Å². The van der Waals surface area contributed by atoms with Crippen LogP contribution in [0.4, 0.5) is 5.82 Å². The maximum absolute atomic E-state index is 5.74. The Bertz CT molecular complexity index is 319. The molecule has 1 rings (SSSR count). The molecular weight excluding hydrogens is 224 g/mol. The highest BCUT2D eigenvalue weighted by molar-refractivity contribution is 6.29. The molecule has 1 unspecified atom stereocenters. The molecule has 0 aromatic carbocycles. The largest absolute Gasteiger partial charge is 0.367 e. The molecule has 0 fully saturated rings. The summed E-state index contributed by atoms with van der Waals surface area (Å²) in [5.41, 5.74) is 0. The summed E-state index contributed by atoms with van der Waals surface area (Å²) in [6.45, 7) is 6.23. The lowest BCUT2D eigenvalue weighted by molar-refractivity contribution is 0.261. The molecule has 0 spiro atoms. The van der Waals surface area contributed by atoms with E-state index in [0.29, 0.717) is 11.2 Å². The predicted octanol–water partition coefficient (Wildman–Crippen LogP) is 2.27. The first-order valence-electron chi connectivity index (χ1n) is 5.55. The molecule has 1 atom stereocenters. The van der Waals surface area contributed by atoms with E-state index in [1.807, 2.05) is 0 Å². The molecule has 90 valence electrons. The Labute approximate surface area is 102 Å². The molecule has 0 radical (unpaired) electrons. The third kappa shape index (κ3) is 4.33. The predicted molar refractivity (Wildman–Crippen MR) is 67.9 cm³/mol. The Morgan fingerprint density at radius 2 is 2.25 bits per heavy atom. The van der Waals surface area contributed by atoms with Gasteiger partial charge < -0.3 is 10.2 Å². The summed E-state index contributed by atoms with van der Waals surface area (Å²) in [7, 11) is 2.12. The van der Waals surface area contributed by atoms with Crippen LogP contribution in [0.25, 0.3) is 0 Å². The fourth-order valence-electron chi connectivity index (χ4n) is 1.32. The smallest absolute Gasteiger partial charge is 0.149 e. The Morgan fingerprint density at radius 1 is 1.50 bits per heavy atom. The van der Waals surface area contributed by atoms with Crippen LogP contribution >= 0.6 is 11.6 Å². The van der Waals surface area contributed by atoms with Crippen molar-refractivity contribution in [2.24, 2.45) is 0 Å². The number of hydrogen-bond acceptors (Lipinski definition) is 4. The van der Waals surface area contributed by atoms with Gasteiger partial charge in [0, 0.05) is 19.1 Å². The molecule has 0 aliphatic heterocycles. The van der Waals surface area contributed by atoms with Crippen molar-refractivity contribution in [1.82, 2.24) is 14.9 Å². The second kappa shape index (κ2) is 6.66. The minimum Gasteiger partial charge on any atom is -0.367 e. The highest BCUT2D eigenvalue weighted by atomic mass is 35.5. The number of anilines is 1. The quantitative estimate of drug-likeness (QED) is 0.831. The van der Waals surface area contributed by atoms with Crippen LogP contribution in [0.15, 0.2) is 12.4 Å². The Hall–Kier alpha value is -0.870. The zero-order chi connectivity index (χ0) is 12.0. The summed E-state index contributed by atoms with van der Waals surface area (Å²) in [5, 5.41) is 3.61. The second-order valence-corrected chi connectivity index (χ2v) is 4.28. The van der Waals surface area contributed by atoms with Gasteiger partial charge in [-0.3, -0.25) is 4.98 Å². The maximum atomic E-state index is 5.74. The number of hydrogen-bond donors (Lipinski definition) is 1. The molecule has 1 aromatic heterocycles. The first-order chi connectivity index (χ1) is 7.63. The van der Waals surface area contributed by atoms with Gasteiger partial charge >= 0.3 is 0 Å². The Balaban J connectivity index is 2.30. The molecule has 0 aliphatic rings. The van der Waals surface area contributed by atoms with E-state index in [-0.39, 0.29) is 0 Å². The topological polar surface area (TPSA) is 41.0 Å². The number of halogens is 1. The number of nitrogens with zero attached hydrogens (tertiary/aromatic N) is 3. The summed E-state index contributed by atoms with van der Waals surface area (Å²) in [4.78, 5) is 10.4. The van der Waals surface area contributed by atoms with Crippen molar-refractivity contribution in [3.8, 4) is 0 Å². The van der Waals surface area contributed by atoms with Gasteiger partial charge in [-0.2, -0.15) is 0 Å². The second-order valence-electron chi connectivity index (χ2n) is 3.89. The van der Waals surface area contributed by atoms with Gasteiger partial charge in [0.05, 0.1) is 12.4 Å². The summed E-state index contributed by atoms with van der Waals surface area (Å²) in [6.07, 6.45) is 4.36. The van der Waals surface area contributed by atoms with Crippen molar-refractivity contribution in [3.63, 3.8) is 0 Å². The monoisotopic (exact) mass is 242 g/mol. The van der Waals surface area contributed by atoms with E-state index >= 15 is 0 Å². The Morgan fingerprint density at radius 3 is 2.88 bits per heavy atom. The minimum atomic E-state index is 0.417. The normalized spacial score (nSPS) is 12.8. The van der Waals surface area contributed by atoms with E-state index in [0.717, 1.165) is 25.3 Å². The molecule has 0 amide bonds. The fraction of sp³-hybridized carbons (Fsp3) is 0.636. The van der Waals surface area contributed by atoms with Gasteiger partial charge in [0.2, 0.25) is 0 Å². The third-order valence-electron chi connectivity index (χ3n) is 2.72. The lowest BCUT2D eigenvalue weighted by Gasteiger charge is -2.23. The van der Waals surface area contributed by atoms with Crippen molar-refractivity contribution in [2.75, 3.05) is 25.5 Å². The highest BCUT2D eigenvalue weighted by Crippen LogP contribution is 2.06. The van der Waals surface area contributed by atoms with Crippen LogP contribution in [-0.4, -0.2) is 41.0 Å². The van der Waals surface area contributed by atoms with Crippen molar-refractivity contribution in [2.45, 2.75) is 26.3 Å². The molecule has 4 nitrogen and oxygen atoms in total. The molecule has 0 aliphatic carbocycles. The van der Waals surface area contributed by atoms with E-state index in [1.54, 1.807) is 6.20 Å². The molecule has 16 heavy (non-hydrogen) atoms. The maximum Gasteiger partial charge on any atom is 0.149 e. The average molecular weight is 243 g/mol. The van der Waals surface area contributed by atoms with Gasteiger partial charge in [-0.05, 0) is 20.4 Å². The molecule has 5 heteroatoms. The zero-order valence-electron chi connectivity index (χ0n) is 10.1. The summed E-state index contributed by atoms with van der Waals surface area (Å²) >= 11 is 5.74. The van der Waals surface area contributed by atoms with Crippen LogP contribution in [0.5, 0.6) is 0 Å². The van der Waals surface area contributed by atoms with Gasteiger partial charge in [0.25, 0.3) is 0 Å². The summed E-state index contributed by atoms with van der Waals surface area (Å²) in [6, 6.07) is 0.604. The van der Waals surface area contributed by atoms with E-state index in [1.165, 1.54) is 6.20 Å². The van der Waals surface area contributed by atoms with Gasteiger partial charge in [-0.25, -0.2) is 4.98 Å². The van der Waals surface area contributed by atoms with Crippen molar-refractivity contribution < 1.29 is 0 Å². The van der Waals surface area contributed by atoms with Crippen LogP contribution in [0.1, 0.15) is 20.3 Å². The number of aromatic nitrogens is 2. The SMILES string of the molecule is CCC(C)N(C)CCNc1cncc(Cl)n1. The van der Waals surface area contributed by atoms with Crippen molar-refractivity contribution in [1.29, 1.82) is 0 Å². The lowest BCUT2D eigenvalue weighted by atomic mass is 10.2. The fourth-order valence-corrected chi connectivity index (χ4v) is 1.47. The van der Waals surface area contributed by atoms with E-state index in [9.17, 15) is 0 Å². The Kier molecular flexibility index (Phi) is 5.49. The van der Waals surface area contributed by atoms with Crippen LogP contribution in [-0.2, 0) is 0 Å². The highest BCUT2D eigenvalue weighted by Gasteiger charge is 2.05. The van der Waals surface area contributed by atoms with E-state index in [2.05, 4.69) is 41.1 Å². The molecule has 0 bridgehead atoms. The minimum absolute atomic E-state index is 0.417. The van der Waals surface area contributed by atoms with Crippen LogP contribution in [0.3, 0.4) is 0 Å². The molecule has 1 aromatic rings. The van der Waals surface area contributed by atoms with Crippen molar-refractivity contribution in [3.05, 3.63) is 17.5 Å². The molecule has 1 N–H and O–H groups in total. The first kappa shape index (κ1) is 13.2. The van der Waals surface area contributed by atoms with Crippen LogP contribution in [0, 0.1) is 0 Å². The standard InChI is InChI=1S/C11H19ClN4/c1-4-9(2)16(3)6-5-14-11-8-13-7-10(12)15-11/h7-9H,4-6H2,1-3H3,(H,14,15). The van der Waals surface area contributed by atoms with E-state index < -0.39 is 0 Å². The lowest BCUT2D eigenvalue weighted by Crippen LogP contribution is -2.32. The first-order valence-corrected chi connectivity index (χ1v) is 5.93. The van der Waals surface area contributed by atoms with Gasteiger partial charge in [-0.15, -0.1) is 0 Å². The summed E-state index contributed by atoms with van der Waals surface area (Å²) in [5.74, 6) is 0.727. The van der Waals surface area contributed by atoms with Crippen LogP contribution in [0.2, 0.25) is 5.15 Å². The number of rotatable bonds is 6. The molecule has 0 saturated carbocycles. The zero-order valence-corrected chi connectivity index (χ0v) is 10.8. The van der Waals surface area contributed by atoms with Crippen LogP contribution < -0.4 is 5.32 Å². The van der Waals surface area contributed by atoms with Gasteiger partial charge in [0.1, 0.15) is 11.0 Å². The molecule has 1 heterocycles. The number of nitrogens with one attached hydrogen (secondary N) is 1. The average Bonchev–Trinajstić information content (AvgIpc) is 2.28. The van der Waals surface area contributed by atoms with Gasteiger partial charge in [-0.1, -0.05) is 18.5 Å². The summed E-state index contributed by atoms with van der Waals surface area (Å²) < 4.78 is 0. The molecule has 0 saturated heterocycles. The third-order valence-corrected chi connectivity index (χ3v) is 2.90. The number of likely N-dealkylation sites (N-methyl/N-ethyl adjacent to an activating group) is 1. The molecular formula is C11H19ClN4. The van der Waals surface area contributed by atoms with Crippen molar-refractivity contribution >= 4 is 17.4 Å².